The Labute approximate surface area is 144 Å². The molecule has 1 aromatic carbocycles. The molecule has 132 valence electrons. The minimum Gasteiger partial charge on any atom is -0.356 e. The average Bonchev–Trinajstić information content (AvgIpc) is 3.22. The van der Waals surface area contributed by atoms with Crippen LogP contribution in [0.1, 0.15) is 17.7 Å². The Bertz CT molecular complexity index is 873. The molecule has 4 nitrogen and oxygen atoms in total. The summed E-state index contributed by atoms with van der Waals surface area (Å²) in [6.45, 7) is 2.24. The van der Waals surface area contributed by atoms with Crippen LogP contribution in [0.4, 0.5) is 8.78 Å². The monoisotopic (exact) mass is 345 g/mol. The summed E-state index contributed by atoms with van der Waals surface area (Å²) >= 11 is 0. The van der Waals surface area contributed by atoms with Crippen molar-refractivity contribution in [2.45, 2.75) is 25.8 Å². The molecule has 0 saturated heterocycles. The van der Waals surface area contributed by atoms with Crippen LogP contribution in [-0.2, 0) is 11.2 Å². The largest absolute Gasteiger partial charge is 0.356 e. The zero-order valence-corrected chi connectivity index (χ0v) is 14.0. The Kier molecular flexibility index (Phi) is 3.87. The molecule has 2 aliphatic rings. The molecule has 1 saturated carbocycles. The normalized spacial score (nSPS) is 27.4. The molecule has 0 spiro atoms. The molecule has 0 aliphatic heterocycles. The maximum Gasteiger partial charge on any atom is 0.225 e. The number of rotatable bonds is 4. The Hall–Kier alpha value is -2.21. The van der Waals surface area contributed by atoms with Gasteiger partial charge in [-0.1, -0.05) is 12.2 Å². The summed E-state index contributed by atoms with van der Waals surface area (Å²) in [5.41, 5.74) is 8.08. The maximum absolute atomic E-state index is 13.9. The van der Waals surface area contributed by atoms with E-state index in [2.05, 4.69) is 22.5 Å². The molecule has 6 heteroatoms. The van der Waals surface area contributed by atoms with E-state index in [0.717, 1.165) is 23.7 Å². The molecule has 0 unspecified atom stereocenters. The van der Waals surface area contributed by atoms with Crippen molar-refractivity contribution >= 4 is 16.8 Å². The van der Waals surface area contributed by atoms with Gasteiger partial charge >= 0.3 is 0 Å². The number of hydrogen-bond acceptors (Lipinski definition) is 2. The first kappa shape index (κ1) is 16.3. The molecular formula is C19H21F2N3O. The summed E-state index contributed by atoms with van der Waals surface area (Å²) in [6.07, 6.45) is 5.66. The number of carbonyl (C=O) groups is 1. The molecule has 4 atom stereocenters. The molecule has 4 rings (SSSR count). The van der Waals surface area contributed by atoms with E-state index in [1.165, 1.54) is 6.07 Å². The second kappa shape index (κ2) is 5.95. The van der Waals surface area contributed by atoms with Crippen molar-refractivity contribution in [3.8, 4) is 0 Å². The van der Waals surface area contributed by atoms with Crippen LogP contribution in [0, 0.1) is 36.3 Å². The summed E-state index contributed by atoms with van der Waals surface area (Å²) in [6, 6.07) is 2.08. The first-order valence-electron chi connectivity index (χ1n) is 8.63. The van der Waals surface area contributed by atoms with E-state index >= 15 is 0 Å². The van der Waals surface area contributed by atoms with Gasteiger partial charge in [0.2, 0.25) is 5.91 Å². The zero-order chi connectivity index (χ0) is 17.7. The highest BCUT2D eigenvalue weighted by Crippen LogP contribution is 2.42. The van der Waals surface area contributed by atoms with Crippen molar-refractivity contribution in [2.24, 2.45) is 23.5 Å². The first-order valence-corrected chi connectivity index (χ1v) is 8.63. The van der Waals surface area contributed by atoms with Gasteiger partial charge in [-0.15, -0.1) is 0 Å². The van der Waals surface area contributed by atoms with Crippen molar-refractivity contribution in [1.82, 2.24) is 10.3 Å². The number of fused-ring (bicyclic) bond motifs is 3. The highest BCUT2D eigenvalue weighted by Gasteiger charge is 2.46. The fourth-order valence-corrected chi connectivity index (χ4v) is 4.38. The number of H-pyrrole nitrogens is 1. The summed E-state index contributed by atoms with van der Waals surface area (Å²) in [7, 11) is 0. The van der Waals surface area contributed by atoms with Crippen molar-refractivity contribution < 1.29 is 13.6 Å². The molecule has 2 aromatic rings. The van der Waals surface area contributed by atoms with Gasteiger partial charge in [0.15, 0.2) is 0 Å². The Morgan fingerprint density at radius 2 is 2.08 bits per heavy atom. The molecule has 25 heavy (non-hydrogen) atoms. The number of benzene rings is 1. The van der Waals surface area contributed by atoms with Crippen LogP contribution >= 0.6 is 0 Å². The van der Waals surface area contributed by atoms with Crippen LogP contribution in [0.3, 0.4) is 0 Å². The highest BCUT2D eigenvalue weighted by molar-refractivity contribution is 5.85. The van der Waals surface area contributed by atoms with E-state index in [1.807, 2.05) is 6.92 Å². The lowest BCUT2D eigenvalue weighted by molar-refractivity contribution is -0.126. The van der Waals surface area contributed by atoms with Crippen LogP contribution in [-0.4, -0.2) is 23.5 Å². The van der Waals surface area contributed by atoms with Gasteiger partial charge in [-0.25, -0.2) is 8.78 Å². The Balaban J connectivity index is 1.46. The Morgan fingerprint density at radius 1 is 1.32 bits per heavy atom. The van der Waals surface area contributed by atoms with Gasteiger partial charge in [0, 0.05) is 29.7 Å². The number of allylic oxidation sites excluding steroid dienone is 1. The Morgan fingerprint density at radius 3 is 2.80 bits per heavy atom. The van der Waals surface area contributed by atoms with Crippen molar-refractivity contribution in [3.05, 3.63) is 47.2 Å². The molecule has 1 aromatic heterocycles. The summed E-state index contributed by atoms with van der Waals surface area (Å²) in [4.78, 5) is 15.4. The second-order valence-corrected chi connectivity index (χ2v) is 7.13. The number of aromatic nitrogens is 1. The van der Waals surface area contributed by atoms with Gasteiger partial charge in [0.25, 0.3) is 0 Å². The van der Waals surface area contributed by atoms with Gasteiger partial charge in [-0.05, 0) is 43.2 Å². The lowest BCUT2D eigenvalue weighted by Gasteiger charge is -2.23. The number of nitrogens with two attached hydrogens (primary N) is 1. The van der Waals surface area contributed by atoms with Gasteiger partial charge < -0.3 is 16.0 Å². The standard InChI is InChI=1S/C19H21F2N3O/c1-9-13(14-7-12(20)8-15(21)18(14)24-9)4-5-23-19(25)16-10-2-3-11(6-10)17(16)22/h2-3,7-8,10-11,16-17,24H,4-6,22H2,1H3,(H,23,25)/t10-,11+,16-,17+/m1/s1. The van der Waals surface area contributed by atoms with E-state index < -0.39 is 11.6 Å². The SMILES string of the molecule is Cc1[nH]c2c(F)cc(F)cc2c1CCNC(=O)[C@H]1[C@@H](N)[C@H]2C=C[C@@H]1C2. The minimum absolute atomic E-state index is 0.0285. The van der Waals surface area contributed by atoms with Crippen LogP contribution in [0.15, 0.2) is 24.3 Å². The lowest BCUT2D eigenvalue weighted by Crippen LogP contribution is -2.44. The predicted molar refractivity (Wildman–Crippen MR) is 91.9 cm³/mol. The molecule has 0 radical (unpaired) electrons. The number of nitrogens with one attached hydrogen (secondary N) is 2. The highest BCUT2D eigenvalue weighted by atomic mass is 19.1. The smallest absolute Gasteiger partial charge is 0.225 e. The van der Waals surface area contributed by atoms with Crippen molar-refractivity contribution in [2.75, 3.05) is 6.54 Å². The van der Waals surface area contributed by atoms with Crippen LogP contribution in [0.25, 0.3) is 10.9 Å². The molecule has 1 amide bonds. The summed E-state index contributed by atoms with van der Waals surface area (Å²) in [5, 5.41) is 3.48. The van der Waals surface area contributed by atoms with Crippen molar-refractivity contribution in [3.63, 3.8) is 0 Å². The number of carbonyl (C=O) groups excluding carboxylic acids is 1. The van der Waals surface area contributed by atoms with E-state index in [1.54, 1.807) is 0 Å². The fraction of sp³-hybridized carbons (Fsp3) is 0.421. The van der Waals surface area contributed by atoms with Crippen LogP contribution in [0.5, 0.6) is 0 Å². The van der Waals surface area contributed by atoms with E-state index in [-0.39, 0.29) is 23.8 Å². The number of aryl methyl sites for hydroxylation is 1. The van der Waals surface area contributed by atoms with Gasteiger partial charge in [0.1, 0.15) is 11.6 Å². The fourth-order valence-electron chi connectivity index (χ4n) is 4.38. The quantitative estimate of drug-likeness (QED) is 0.746. The van der Waals surface area contributed by atoms with Gasteiger partial charge in [0.05, 0.1) is 11.4 Å². The van der Waals surface area contributed by atoms with Crippen LogP contribution in [0.2, 0.25) is 0 Å². The van der Waals surface area contributed by atoms with Gasteiger partial charge in [-0.2, -0.15) is 0 Å². The summed E-state index contributed by atoms with van der Waals surface area (Å²) in [5.74, 6) is -0.865. The third-order valence-electron chi connectivity index (χ3n) is 5.64. The third-order valence-corrected chi connectivity index (χ3v) is 5.64. The number of hydrogen-bond donors (Lipinski definition) is 3. The second-order valence-electron chi connectivity index (χ2n) is 7.13. The molecule has 4 N–H and O–H groups in total. The third kappa shape index (κ3) is 2.65. The molecular weight excluding hydrogens is 324 g/mol. The predicted octanol–water partition coefficient (Wildman–Crippen LogP) is 2.56. The lowest BCUT2D eigenvalue weighted by atomic mass is 9.88. The van der Waals surface area contributed by atoms with E-state index in [9.17, 15) is 13.6 Å². The zero-order valence-electron chi connectivity index (χ0n) is 14.0. The average molecular weight is 345 g/mol. The van der Waals surface area contributed by atoms with E-state index in [0.29, 0.717) is 29.8 Å². The number of aromatic amines is 1. The topological polar surface area (TPSA) is 70.9 Å². The van der Waals surface area contributed by atoms with Crippen molar-refractivity contribution in [1.29, 1.82) is 0 Å². The molecule has 1 heterocycles. The summed E-state index contributed by atoms with van der Waals surface area (Å²) < 4.78 is 27.4. The number of amides is 1. The van der Waals surface area contributed by atoms with Gasteiger partial charge in [-0.3, -0.25) is 4.79 Å². The molecule has 1 fully saturated rings. The van der Waals surface area contributed by atoms with E-state index in [4.69, 9.17) is 5.73 Å². The van der Waals surface area contributed by atoms with Crippen LogP contribution < -0.4 is 11.1 Å². The number of halogens is 2. The molecule has 2 aliphatic carbocycles. The molecule has 2 bridgehead atoms. The maximum atomic E-state index is 13.9. The first-order chi connectivity index (χ1) is 12.0. The minimum atomic E-state index is -0.604.